The van der Waals surface area contributed by atoms with Gasteiger partial charge in [0, 0.05) is 25.4 Å². The maximum atomic E-state index is 7.37. The number of hydrogen-bond acceptors (Lipinski definition) is 3. The summed E-state index contributed by atoms with van der Waals surface area (Å²) in [4.78, 5) is 6.37. The fourth-order valence-electron chi connectivity index (χ4n) is 1.51. The monoisotopic (exact) mass is 220 g/mol. The summed E-state index contributed by atoms with van der Waals surface area (Å²) < 4.78 is 0. The first-order valence-corrected chi connectivity index (χ1v) is 5.66. The van der Waals surface area contributed by atoms with Crippen molar-refractivity contribution in [1.29, 1.82) is 5.41 Å². The Bertz CT molecular complexity index is 349. The molecule has 0 aliphatic heterocycles. The molecule has 0 atom stereocenters. The number of nitrogen functional groups attached to an aromatic ring is 1. The van der Waals surface area contributed by atoms with Crippen LogP contribution >= 0.6 is 0 Å². The van der Waals surface area contributed by atoms with Gasteiger partial charge in [-0.2, -0.15) is 0 Å². The van der Waals surface area contributed by atoms with Crippen molar-refractivity contribution < 1.29 is 0 Å². The third-order valence-corrected chi connectivity index (χ3v) is 2.54. The number of rotatable bonds is 6. The number of anilines is 1. The van der Waals surface area contributed by atoms with Crippen LogP contribution in [0.3, 0.4) is 0 Å². The molecular weight excluding hydrogens is 200 g/mol. The lowest BCUT2D eigenvalue weighted by molar-refractivity contribution is 0.701. The molecule has 0 bridgehead atoms. The summed E-state index contributed by atoms with van der Waals surface area (Å²) >= 11 is 0. The van der Waals surface area contributed by atoms with E-state index >= 15 is 0 Å². The van der Waals surface area contributed by atoms with Crippen molar-refractivity contribution >= 4 is 11.7 Å². The second kappa shape index (κ2) is 6.10. The molecule has 0 aliphatic rings. The van der Waals surface area contributed by atoms with Crippen molar-refractivity contribution in [2.75, 3.05) is 18.5 Å². The maximum Gasteiger partial charge on any atom is 0.128 e. The largest absolute Gasteiger partial charge is 0.384 e. The van der Waals surface area contributed by atoms with Gasteiger partial charge in [-0.1, -0.05) is 19.8 Å². The molecule has 0 saturated heterocycles. The van der Waals surface area contributed by atoms with Gasteiger partial charge in [-0.05, 0) is 18.6 Å². The van der Waals surface area contributed by atoms with E-state index in [9.17, 15) is 0 Å². The zero-order valence-corrected chi connectivity index (χ0v) is 10.0. The molecule has 4 heteroatoms. The molecular formula is C12H20N4. The van der Waals surface area contributed by atoms with E-state index in [1.165, 1.54) is 19.3 Å². The van der Waals surface area contributed by atoms with E-state index in [1.807, 2.05) is 13.1 Å². The number of nitrogens with two attached hydrogens (primary N) is 1. The molecule has 0 unspecified atom stereocenters. The molecule has 16 heavy (non-hydrogen) atoms. The van der Waals surface area contributed by atoms with Gasteiger partial charge in [0.1, 0.15) is 11.7 Å². The van der Waals surface area contributed by atoms with Crippen LogP contribution < -0.4 is 10.6 Å². The first-order valence-electron chi connectivity index (χ1n) is 5.66. The zero-order valence-electron chi connectivity index (χ0n) is 10.0. The Labute approximate surface area is 97.0 Å². The van der Waals surface area contributed by atoms with Gasteiger partial charge >= 0.3 is 0 Å². The van der Waals surface area contributed by atoms with Crippen LogP contribution in [0.4, 0.5) is 5.82 Å². The minimum absolute atomic E-state index is 0.0885. The molecule has 0 fully saturated rings. The first-order chi connectivity index (χ1) is 7.65. The van der Waals surface area contributed by atoms with E-state index in [4.69, 9.17) is 11.1 Å². The first kappa shape index (κ1) is 12.5. The summed E-state index contributed by atoms with van der Waals surface area (Å²) in [6.45, 7) is 3.18. The highest BCUT2D eigenvalue weighted by molar-refractivity contribution is 5.95. The number of unbranched alkanes of at least 4 members (excludes halogenated alkanes) is 2. The fourth-order valence-corrected chi connectivity index (χ4v) is 1.51. The van der Waals surface area contributed by atoms with E-state index in [2.05, 4.69) is 16.8 Å². The molecule has 0 saturated carbocycles. The van der Waals surface area contributed by atoms with Gasteiger partial charge in [0.05, 0.1) is 0 Å². The normalized spacial score (nSPS) is 10.1. The smallest absolute Gasteiger partial charge is 0.128 e. The van der Waals surface area contributed by atoms with Crippen LogP contribution in [0.25, 0.3) is 0 Å². The van der Waals surface area contributed by atoms with Gasteiger partial charge in [-0.15, -0.1) is 0 Å². The van der Waals surface area contributed by atoms with Crippen LogP contribution in [0.15, 0.2) is 18.3 Å². The van der Waals surface area contributed by atoms with Crippen LogP contribution in [0, 0.1) is 5.41 Å². The van der Waals surface area contributed by atoms with E-state index < -0.39 is 0 Å². The van der Waals surface area contributed by atoms with Gasteiger partial charge in [-0.25, -0.2) is 4.98 Å². The number of pyridine rings is 1. The Balaban J connectivity index is 2.64. The number of nitrogens with one attached hydrogen (secondary N) is 1. The van der Waals surface area contributed by atoms with Gasteiger partial charge < -0.3 is 10.6 Å². The molecule has 3 N–H and O–H groups in total. The van der Waals surface area contributed by atoms with E-state index in [0.717, 1.165) is 17.9 Å². The fraction of sp³-hybridized carbons (Fsp3) is 0.500. The van der Waals surface area contributed by atoms with Gasteiger partial charge in [0.15, 0.2) is 0 Å². The molecule has 1 rings (SSSR count). The van der Waals surface area contributed by atoms with Crippen molar-refractivity contribution in [2.24, 2.45) is 5.73 Å². The summed E-state index contributed by atoms with van der Waals surface area (Å²) in [5.74, 6) is 0.967. The molecule has 0 radical (unpaired) electrons. The Kier molecular flexibility index (Phi) is 4.76. The predicted molar refractivity (Wildman–Crippen MR) is 68.0 cm³/mol. The topological polar surface area (TPSA) is 66.0 Å². The van der Waals surface area contributed by atoms with Crippen LogP contribution in [0.1, 0.15) is 31.7 Å². The van der Waals surface area contributed by atoms with E-state index in [1.54, 1.807) is 12.3 Å². The number of hydrogen-bond donors (Lipinski definition) is 2. The quantitative estimate of drug-likeness (QED) is 0.438. The number of nitrogens with zero attached hydrogens (tertiary/aromatic N) is 2. The lowest BCUT2D eigenvalue weighted by Gasteiger charge is -2.18. The second-order valence-electron chi connectivity index (χ2n) is 3.95. The average Bonchev–Trinajstić information content (AvgIpc) is 2.29. The van der Waals surface area contributed by atoms with Crippen molar-refractivity contribution in [2.45, 2.75) is 26.2 Å². The van der Waals surface area contributed by atoms with Crippen molar-refractivity contribution in [1.82, 2.24) is 4.98 Å². The van der Waals surface area contributed by atoms with E-state index in [-0.39, 0.29) is 5.84 Å². The second-order valence-corrected chi connectivity index (χ2v) is 3.95. The lowest BCUT2D eigenvalue weighted by atomic mass is 10.2. The third-order valence-electron chi connectivity index (χ3n) is 2.54. The van der Waals surface area contributed by atoms with Crippen LogP contribution in [0.2, 0.25) is 0 Å². The molecule has 0 aromatic carbocycles. The maximum absolute atomic E-state index is 7.37. The van der Waals surface area contributed by atoms with Crippen molar-refractivity contribution in [3.8, 4) is 0 Å². The van der Waals surface area contributed by atoms with Gasteiger partial charge in [-0.3, -0.25) is 5.41 Å². The van der Waals surface area contributed by atoms with Crippen molar-refractivity contribution in [3.63, 3.8) is 0 Å². The average molecular weight is 220 g/mol. The summed E-state index contributed by atoms with van der Waals surface area (Å²) in [5.41, 5.74) is 6.17. The Morgan fingerprint density at radius 1 is 1.50 bits per heavy atom. The Hall–Kier alpha value is -1.58. The van der Waals surface area contributed by atoms with Crippen molar-refractivity contribution in [3.05, 3.63) is 23.9 Å². The molecule has 88 valence electrons. The summed E-state index contributed by atoms with van der Waals surface area (Å²) in [6, 6.07) is 3.61. The third kappa shape index (κ3) is 3.53. The Morgan fingerprint density at radius 3 is 2.88 bits per heavy atom. The molecule has 4 nitrogen and oxygen atoms in total. The number of aromatic nitrogens is 1. The summed E-state index contributed by atoms with van der Waals surface area (Å²) in [7, 11) is 2.02. The SMILES string of the molecule is CCCCCN(C)c1cc(C(=N)N)ccn1. The van der Waals surface area contributed by atoms with Crippen LogP contribution in [-0.2, 0) is 0 Å². The Morgan fingerprint density at radius 2 is 2.25 bits per heavy atom. The van der Waals surface area contributed by atoms with E-state index in [0.29, 0.717) is 0 Å². The highest BCUT2D eigenvalue weighted by Crippen LogP contribution is 2.11. The molecule has 0 amide bonds. The minimum atomic E-state index is 0.0885. The molecule has 0 aliphatic carbocycles. The van der Waals surface area contributed by atoms with Crippen LogP contribution in [0.5, 0.6) is 0 Å². The molecule has 1 aromatic rings. The molecule has 1 heterocycles. The van der Waals surface area contributed by atoms with Gasteiger partial charge in [0.25, 0.3) is 0 Å². The van der Waals surface area contributed by atoms with Gasteiger partial charge in [0.2, 0.25) is 0 Å². The zero-order chi connectivity index (χ0) is 12.0. The standard InChI is InChI=1S/C12H20N4/c1-3-4-5-8-16(2)11-9-10(12(13)14)6-7-15-11/h6-7,9H,3-5,8H2,1-2H3,(H3,13,14). The molecule has 1 aromatic heterocycles. The molecule has 0 spiro atoms. The lowest BCUT2D eigenvalue weighted by Crippen LogP contribution is -2.20. The highest BCUT2D eigenvalue weighted by atomic mass is 15.2. The minimum Gasteiger partial charge on any atom is -0.384 e. The highest BCUT2D eigenvalue weighted by Gasteiger charge is 2.04. The summed E-state index contributed by atoms with van der Waals surface area (Å²) in [6.07, 6.45) is 5.31. The summed E-state index contributed by atoms with van der Waals surface area (Å²) in [5, 5.41) is 7.37. The number of amidine groups is 1. The van der Waals surface area contributed by atoms with Crippen LogP contribution in [-0.4, -0.2) is 24.4 Å². The predicted octanol–water partition coefficient (Wildman–Crippen LogP) is 1.99.